The van der Waals surface area contributed by atoms with Gasteiger partial charge in [-0.1, -0.05) is 12.1 Å². The maximum absolute atomic E-state index is 13.0. The number of benzene rings is 2. The topological polar surface area (TPSA) is 43.3 Å². The van der Waals surface area contributed by atoms with Gasteiger partial charge in [-0.15, -0.1) is 11.3 Å². The molecule has 0 spiro atoms. The zero-order valence-corrected chi connectivity index (χ0v) is 12.3. The minimum atomic E-state index is -0.245. The van der Waals surface area contributed by atoms with Crippen LogP contribution in [0.3, 0.4) is 0 Å². The molecule has 0 saturated heterocycles. The Morgan fingerprint density at radius 2 is 1.86 bits per heavy atom. The Labute approximate surface area is 130 Å². The fourth-order valence-electron chi connectivity index (χ4n) is 2.45. The van der Waals surface area contributed by atoms with E-state index >= 15 is 0 Å². The molecule has 2 N–H and O–H groups in total. The number of nitrogens with two attached hydrogens (primary N) is 1. The van der Waals surface area contributed by atoms with E-state index < -0.39 is 0 Å². The highest BCUT2D eigenvalue weighted by Crippen LogP contribution is 2.30. The maximum atomic E-state index is 13.0. The van der Waals surface area contributed by atoms with Crippen LogP contribution in [-0.2, 0) is 0 Å². The summed E-state index contributed by atoms with van der Waals surface area (Å²) in [6.45, 7) is 0. The summed E-state index contributed by atoms with van der Waals surface area (Å²) in [5.41, 5.74) is 10.4. The van der Waals surface area contributed by atoms with Crippen molar-refractivity contribution >= 4 is 22.0 Å². The molecule has 0 bridgehead atoms. The summed E-state index contributed by atoms with van der Waals surface area (Å²) in [6.07, 6.45) is 1.97. The van der Waals surface area contributed by atoms with E-state index in [4.69, 9.17) is 5.73 Å². The van der Waals surface area contributed by atoms with Gasteiger partial charge in [0, 0.05) is 28.4 Å². The number of hydrogen-bond acceptors (Lipinski definition) is 3. The van der Waals surface area contributed by atoms with Gasteiger partial charge in [-0.25, -0.2) is 9.37 Å². The number of nitrogens with zero attached hydrogens (tertiary/aromatic N) is 2. The van der Waals surface area contributed by atoms with Crippen LogP contribution in [0.5, 0.6) is 0 Å². The van der Waals surface area contributed by atoms with Gasteiger partial charge in [0.05, 0.1) is 11.4 Å². The van der Waals surface area contributed by atoms with Crippen molar-refractivity contribution in [3.05, 3.63) is 65.9 Å². The molecule has 2 heterocycles. The summed E-state index contributed by atoms with van der Waals surface area (Å²) in [5, 5.41) is 2.06. The number of rotatable bonds is 2. The van der Waals surface area contributed by atoms with Crippen molar-refractivity contribution in [2.24, 2.45) is 0 Å². The third-order valence-corrected chi connectivity index (χ3v) is 4.37. The third-order valence-electron chi connectivity index (χ3n) is 3.53. The van der Waals surface area contributed by atoms with E-state index in [0.717, 1.165) is 33.2 Å². The number of anilines is 1. The quantitative estimate of drug-likeness (QED) is 0.556. The van der Waals surface area contributed by atoms with Crippen LogP contribution in [-0.4, -0.2) is 9.38 Å². The molecule has 108 valence electrons. The first-order valence-corrected chi connectivity index (χ1v) is 7.67. The van der Waals surface area contributed by atoms with Gasteiger partial charge >= 0.3 is 0 Å². The van der Waals surface area contributed by atoms with Crippen molar-refractivity contribution in [3.63, 3.8) is 0 Å². The highest BCUT2D eigenvalue weighted by Gasteiger charge is 2.11. The summed E-state index contributed by atoms with van der Waals surface area (Å²) in [5.74, 6) is -0.245. The lowest BCUT2D eigenvalue weighted by Crippen LogP contribution is -1.87. The van der Waals surface area contributed by atoms with Gasteiger partial charge in [0.15, 0.2) is 4.96 Å². The molecule has 0 aliphatic heterocycles. The van der Waals surface area contributed by atoms with Crippen LogP contribution in [0.25, 0.3) is 27.5 Å². The molecule has 0 amide bonds. The average molecular weight is 309 g/mol. The molecule has 22 heavy (non-hydrogen) atoms. The van der Waals surface area contributed by atoms with Gasteiger partial charge in [-0.2, -0.15) is 0 Å². The Kier molecular flexibility index (Phi) is 2.94. The molecule has 2 aromatic carbocycles. The normalized spacial score (nSPS) is 11.1. The minimum Gasteiger partial charge on any atom is -0.399 e. The van der Waals surface area contributed by atoms with E-state index in [1.807, 2.05) is 34.9 Å². The second kappa shape index (κ2) is 4.96. The highest BCUT2D eigenvalue weighted by atomic mass is 32.1. The Morgan fingerprint density at radius 3 is 2.64 bits per heavy atom. The van der Waals surface area contributed by atoms with Crippen LogP contribution in [0, 0.1) is 5.82 Å². The molecule has 0 aliphatic rings. The number of nitrogen functional groups attached to an aromatic ring is 1. The minimum absolute atomic E-state index is 0.245. The van der Waals surface area contributed by atoms with Crippen molar-refractivity contribution in [1.29, 1.82) is 0 Å². The van der Waals surface area contributed by atoms with Crippen molar-refractivity contribution in [3.8, 4) is 22.5 Å². The van der Waals surface area contributed by atoms with Gasteiger partial charge in [-0.3, -0.25) is 4.40 Å². The van der Waals surface area contributed by atoms with Gasteiger partial charge in [0.25, 0.3) is 0 Å². The summed E-state index contributed by atoms with van der Waals surface area (Å²) in [6, 6.07) is 14.1. The Morgan fingerprint density at radius 1 is 1.05 bits per heavy atom. The zero-order valence-electron chi connectivity index (χ0n) is 11.5. The number of fused-ring (bicyclic) bond motifs is 1. The Balaban J connectivity index is 1.84. The second-order valence-corrected chi connectivity index (χ2v) is 5.87. The molecule has 0 radical (unpaired) electrons. The van der Waals surface area contributed by atoms with E-state index in [0.29, 0.717) is 0 Å². The third kappa shape index (κ3) is 2.16. The summed E-state index contributed by atoms with van der Waals surface area (Å²) in [4.78, 5) is 5.51. The van der Waals surface area contributed by atoms with Crippen LogP contribution in [0.2, 0.25) is 0 Å². The first-order chi connectivity index (χ1) is 10.7. The number of thiazole rings is 1. The summed E-state index contributed by atoms with van der Waals surface area (Å²) >= 11 is 1.57. The monoisotopic (exact) mass is 309 g/mol. The molecule has 5 heteroatoms. The van der Waals surface area contributed by atoms with Crippen LogP contribution >= 0.6 is 11.3 Å². The van der Waals surface area contributed by atoms with E-state index in [-0.39, 0.29) is 5.82 Å². The Bertz CT molecular complexity index is 954. The molecule has 0 atom stereocenters. The molecule has 0 aliphatic carbocycles. The van der Waals surface area contributed by atoms with Crippen LogP contribution in [0.1, 0.15) is 0 Å². The lowest BCUT2D eigenvalue weighted by Gasteiger charge is -2.01. The molecular formula is C17H12FN3S. The fraction of sp³-hybridized carbons (Fsp3) is 0. The second-order valence-electron chi connectivity index (χ2n) is 5.03. The van der Waals surface area contributed by atoms with Crippen LogP contribution in [0.15, 0.2) is 60.1 Å². The summed E-state index contributed by atoms with van der Waals surface area (Å²) < 4.78 is 15.1. The first-order valence-electron chi connectivity index (χ1n) is 6.79. The fourth-order valence-corrected chi connectivity index (χ4v) is 3.33. The number of hydrogen-bond donors (Lipinski definition) is 1. The zero-order chi connectivity index (χ0) is 15.1. The van der Waals surface area contributed by atoms with Crippen molar-refractivity contribution < 1.29 is 4.39 Å². The molecular weight excluding hydrogens is 297 g/mol. The van der Waals surface area contributed by atoms with Gasteiger partial charge in [0.2, 0.25) is 0 Å². The van der Waals surface area contributed by atoms with E-state index in [1.54, 1.807) is 23.5 Å². The molecule has 4 aromatic rings. The number of aromatic nitrogens is 2. The largest absolute Gasteiger partial charge is 0.399 e. The predicted octanol–water partition coefficient (Wildman–Crippen LogP) is 4.45. The molecule has 3 nitrogen and oxygen atoms in total. The van der Waals surface area contributed by atoms with Crippen molar-refractivity contribution in [1.82, 2.24) is 9.38 Å². The van der Waals surface area contributed by atoms with Crippen molar-refractivity contribution in [2.75, 3.05) is 5.73 Å². The van der Waals surface area contributed by atoms with Gasteiger partial charge in [-0.05, 0) is 36.4 Å². The van der Waals surface area contributed by atoms with Gasteiger partial charge in [0.1, 0.15) is 5.82 Å². The Hall–Kier alpha value is -2.66. The van der Waals surface area contributed by atoms with Crippen LogP contribution < -0.4 is 5.73 Å². The molecule has 0 fully saturated rings. The van der Waals surface area contributed by atoms with Gasteiger partial charge < -0.3 is 5.73 Å². The standard InChI is InChI=1S/C17H12FN3S/c18-13-6-4-11(5-7-13)15-9-21-16(10-22-17(21)20-15)12-2-1-3-14(19)8-12/h1-10H,19H2. The number of imidazole rings is 1. The number of halogens is 1. The summed E-state index contributed by atoms with van der Waals surface area (Å²) in [7, 11) is 0. The van der Waals surface area contributed by atoms with E-state index in [2.05, 4.69) is 10.4 Å². The molecule has 0 saturated carbocycles. The lowest BCUT2D eigenvalue weighted by molar-refractivity contribution is 0.628. The SMILES string of the molecule is Nc1cccc(-c2csc3nc(-c4ccc(F)cc4)cn23)c1. The maximum Gasteiger partial charge on any atom is 0.194 e. The lowest BCUT2D eigenvalue weighted by atomic mass is 10.1. The van der Waals surface area contributed by atoms with E-state index in [9.17, 15) is 4.39 Å². The van der Waals surface area contributed by atoms with Crippen LogP contribution in [0.4, 0.5) is 10.1 Å². The molecule has 4 rings (SSSR count). The first kappa shape index (κ1) is 13.0. The predicted molar refractivity (Wildman–Crippen MR) is 88.3 cm³/mol. The average Bonchev–Trinajstić information content (AvgIpc) is 3.08. The molecule has 2 aromatic heterocycles. The highest BCUT2D eigenvalue weighted by molar-refractivity contribution is 7.15. The van der Waals surface area contributed by atoms with E-state index in [1.165, 1.54) is 12.1 Å². The smallest absolute Gasteiger partial charge is 0.194 e. The molecule has 0 unspecified atom stereocenters. The van der Waals surface area contributed by atoms with Crippen molar-refractivity contribution in [2.45, 2.75) is 0 Å².